The lowest BCUT2D eigenvalue weighted by molar-refractivity contribution is -0.132. The summed E-state index contributed by atoms with van der Waals surface area (Å²) in [6.07, 6.45) is 0.154. The van der Waals surface area contributed by atoms with Crippen LogP contribution in [0.2, 0.25) is 10.0 Å². The fourth-order valence-electron chi connectivity index (χ4n) is 3.95. The normalized spacial score (nSPS) is 15.4. The van der Waals surface area contributed by atoms with E-state index < -0.39 is 10.0 Å². The Kier molecular flexibility index (Phi) is 6.35. The summed E-state index contributed by atoms with van der Waals surface area (Å²) in [6, 6.07) is 11.9. The highest BCUT2D eigenvalue weighted by atomic mass is 35.5. The lowest BCUT2D eigenvalue weighted by atomic mass is 10.3. The molecule has 8 nitrogen and oxygen atoms in total. The van der Waals surface area contributed by atoms with Crippen LogP contribution in [0.3, 0.4) is 0 Å². The SMILES string of the molecule is Cn1c(=O)n(CCC(=O)N2CCN(S(=O)(=O)c3cccc(Cl)c3Cl)CC2)c2ccccc21. The Morgan fingerprint density at radius 3 is 2.31 bits per heavy atom. The van der Waals surface area contributed by atoms with Gasteiger partial charge in [-0.05, 0) is 24.3 Å². The summed E-state index contributed by atoms with van der Waals surface area (Å²) in [4.78, 5) is 26.9. The first kappa shape index (κ1) is 22.8. The van der Waals surface area contributed by atoms with E-state index in [1.807, 2.05) is 24.3 Å². The van der Waals surface area contributed by atoms with Gasteiger partial charge in [-0.25, -0.2) is 13.2 Å². The topological polar surface area (TPSA) is 84.6 Å². The highest BCUT2D eigenvalue weighted by Gasteiger charge is 2.32. The highest BCUT2D eigenvalue weighted by Crippen LogP contribution is 2.31. The van der Waals surface area contributed by atoms with Crippen LogP contribution in [-0.4, -0.2) is 58.8 Å². The number of amides is 1. The van der Waals surface area contributed by atoms with Crippen LogP contribution in [0.1, 0.15) is 6.42 Å². The van der Waals surface area contributed by atoms with E-state index >= 15 is 0 Å². The minimum Gasteiger partial charge on any atom is -0.340 e. The molecule has 0 bridgehead atoms. The van der Waals surface area contributed by atoms with E-state index in [0.717, 1.165) is 11.0 Å². The van der Waals surface area contributed by atoms with Crippen molar-refractivity contribution in [3.63, 3.8) is 0 Å². The van der Waals surface area contributed by atoms with Gasteiger partial charge in [-0.1, -0.05) is 41.4 Å². The number of sulfonamides is 1. The van der Waals surface area contributed by atoms with E-state index in [1.54, 1.807) is 21.1 Å². The third-order valence-corrected chi connectivity index (χ3v) is 8.60. The average molecular weight is 497 g/mol. The molecule has 0 saturated carbocycles. The number of benzene rings is 2. The summed E-state index contributed by atoms with van der Waals surface area (Å²) in [5.74, 6) is -0.123. The second-order valence-corrected chi connectivity index (χ2v) is 10.3. The molecule has 2 aromatic carbocycles. The number of para-hydroxylation sites is 2. The first-order valence-electron chi connectivity index (χ1n) is 10.1. The Bertz CT molecular complexity index is 1340. The maximum absolute atomic E-state index is 13.0. The fraction of sp³-hybridized carbons (Fsp3) is 0.333. The highest BCUT2D eigenvalue weighted by molar-refractivity contribution is 7.89. The zero-order valence-electron chi connectivity index (χ0n) is 17.4. The van der Waals surface area contributed by atoms with Gasteiger partial charge in [0.15, 0.2) is 0 Å². The molecule has 0 atom stereocenters. The Labute approximate surface area is 195 Å². The van der Waals surface area contributed by atoms with Gasteiger partial charge >= 0.3 is 5.69 Å². The molecule has 0 aliphatic carbocycles. The van der Waals surface area contributed by atoms with Gasteiger partial charge in [0.1, 0.15) is 4.90 Å². The zero-order chi connectivity index (χ0) is 23.0. The standard InChI is InChI=1S/C21H22Cl2N4O4S/c1-24-16-6-2-3-7-17(16)27(21(24)29)10-9-19(28)25-11-13-26(14-12-25)32(30,31)18-8-4-5-15(22)20(18)23/h2-8H,9-14H2,1H3. The van der Waals surface area contributed by atoms with Crippen LogP contribution >= 0.6 is 23.2 Å². The van der Waals surface area contributed by atoms with E-state index in [9.17, 15) is 18.0 Å². The molecule has 170 valence electrons. The zero-order valence-corrected chi connectivity index (χ0v) is 19.7. The smallest absolute Gasteiger partial charge is 0.328 e. The number of aromatic nitrogens is 2. The molecular formula is C21H22Cl2N4O4S. The summed E-state index contributed by atoms with van der Waals surface area (Å²) in [5, 5.41) is 0.165. The van der Waals surface area contributed by atoms with E-state index in [0.29, 0.717) is 0 Å². The predicted octanol–water partition coefficient (Wildman–Crippen LogP) is 2.57. The van der Waals surface area contributed by atoms with Gasteiger partial charge in [-0.15, -0.1) is 0 Å². The maximum Gasteiger partial charge on any atom is 0.328 e. The van der Waals surface area contributed by atoms with Crippen molar-refractivity contribution in [2.24, 2.45) is 7.05 Å². The molecule has 0 N–H and O–H groups in total. The van der Waals surface area contributed by atoms with E-state index in [1.165, 1.54) is 22.5 Å². The fourth-order valence-corrected chi connectivity index (χ4v) is 6.10. The Morgan fingerprint density at radius 1 is 0.969 bits per heavy atom. The van der Waals surface area contributed by atoms with Crippen LogP contribution in [0.25, 0.3) is 11.0 Å². The van der Waals surface area contributed by atoms with Crippen molar-refractivity contribution in [1.82, 2.24) is 18.3 Å². The molecular weight excluding hydrogens is 475 g/mol. The molecule has 0 unspecified atom stereocenters. The molecule has 1 aliphatic rings. The summed E-state index contributed by atoms with van der Waals surface area (Å²) < 4.78 is 30.4. The Hall–Kier alpha value is -2.33. The van der Waals surface area contributed by atoms with Gasteiger partial charge in [-0.2, -0.15) is 4.31 Å². The Balaban J connectivity index is 1.41. The van der Waals surface area contributed by atoms with Crippen molar-refractivity contribution in [3.05, 3.63) is 63.0 Å². The molecule has 1 amide bonds. The van der Waals surface area contributed by atoms with Gasteiger partial charge in [0.2, 0.25) is 15.9 Å². The monoisotopic (exact) mass is 496 g/mol. The van der Waals surface area contributed by atoms with Crippen LogP contribution in [-0.2, 0) is 28.4 Å². The third kappa shape index (κ3) is 4.05. The van der Waals surface area contributed by atoms with Crippen LogP contribution in [0.4, 0.5) is 0 Å². The predicted molar refractivity (Wildman–Crippen MR) is 124 cm³/mol. The summed E-state index contributed by atoms with van der Waals surface area (Å²) in [6.45, 7) is 1.10. The largest absolute Gasteiger partial charge is 0.340 e. The number of carbonyl (C=O) groups excluding carboxylic acids is 1. The minimum atomic E-state index is -3.82. The van der Waals surface area contributed by atoms with Crippen molar-refractivity contribution in [1.29, 1.82) is 0 Å². The molecule has 1 aromatic heterocycles. The first-order valence-corrected chi connectivity index (χ1v) is 12.3. The van der Waals surface area contributed by atoms with E-state index in [4.69, 9.17) is 23.2 Å². The van der Waals surface area contributed by atoms with E-state index in [2.05, 4.69) is 0 Å². The van der Waals surface area contributed by atoms with Crippen LogP contribution in [0.5, 0.6) is 0 Å². The first-order chi connectivity index (χ1) is 15.2. The van der Waals surface area contributed by atoms with Crippen molar-refractivity contribution >= 4 is 50.2 Å². The van der Waals surface area contributed by atoms with Gasteiger partial charge in [0.05, 0.1) is 21.1 Å². The average Bonchev–Trinajstić information content (AvgIpc) is 3.04. The molecule has 4 rings (SSSR count). The number of carbonyl (C=O) groups is 1. The van der Waals surface area contributed by atoms with Crippen molar-refractivity contribution < 1.29 is 13.2 Å². The van der Waals surface area contributed by atoms with Crippen LogP contribution in [0, 0.1) is 0 Å². The Morgan fingerprint density at radius 2 is 1.62 bits per heavy atom. The number of imidazole rings is 1. The minimum absolute atomic E-state index is 0.00629. The second kappa shape index (κ2) is 8.90. The van der Waals surface area contributed by atoms with Crippen molar-refractivity contribution in [3.8, 4) is 0 Å². The van der Waals surface area contributed by atoms with Crippen LogP contribution in [0.15, 0.2) is 52.2 Å². The molecule has 0 radical (unpaired) electrons. The molecule has 1 aliphatic heterocycles. The van der Waals surface area contributed by atoms with Crippen molar-refractivity contribution in [2.75, 3.05) is 26.2 Å². The molecule has 3 aromatic rings. The summed E-state index contributed by atoms with van der Waals surface area (Å²) >= 11 is 12.1. The molecule has 0 spiro atoms. The number of halogens is 2. The molecule has 11 heteroatoms. The summed E-state index contributed by atoms with van der Waals surface area (Å²) in [5.41, 5.74) is 1.42. The number of hydrogen-bond donors (Lipinski definition) is 0. The molecule has 2 heterocycles. The maximum atomic E-state index is 13.0. The van der Waals surface area contributed by atoms with Gasteiger partial charge in [0.25, 0.3) is 0 Å². The summed E-state index contributed by atoms with van der Waals surface area (Å²) in [7, 11) is -2.11. The molecule has 1 fully saturated rings. The lowest BCUT2D eigenvalue weighted by Gasteiger charge is -2.34. The van der Waals surface area contributed by atoms with Gasteiger partial charge in [-0.3, -0.25) is 13.9 Å². The number of rotatable bonds is 5. The van der Waals surface area contributed by atoms with Gasteiger partial charge in [0, 0.05) is 46.2 Å². The number of nitrogens with zero attached hydrogens (tertiary/aromatic N) is 4. The quantitative estimate of drug-likeness (QED) is 0.543. The van der Waals surface area contributed by atoms with Gasteiger partial charge < -0.3 is 4.90 Å². The van der Waals surface area contributed by atoms with Crippen LogP contribution < -0.4 is 5.69 Å². The molecule has 1 saturated heterocycles. The third-order valence-electron chi connectivity index (χ3n) is 5.73. The molecule has 32 heavy (non-hydrogen) atoms. The van der Waals surface area contributed by atoms with E-state index in [-0.39, 0.29) is 65.7 Å². The number of hydrogen-bond acceptors (Lipinski definition) is 4. The van der Waals surface area contributed by atoms with Crippen molar-refractivity contribution in [2.45, 2.75) is 17.9 Å². The second-order valence-electron chi connectivity index (χ2n) is 7.57. The lowest BCUT2D eigenvalue weighted by Crippen LogP contribution is -2.50. The number of aryl methyl sites for hydroxylation is 2. The number of piperazine rings is 1. The number of fused-ring (bicyclic) bond motifs is 1.